The van der Waals surface area contributed by atoms with Crippen LogP contribution in [0.25, 0.3) is 0 Å². The molecule has 5 atom stereocenters. The smallest absolute Gasteiger partial charge is 0.0979 e. The van der Waals surface area contributed by atoms with Gasteiger partial charge in [0, 0.05) is 17.3 Å². The molecule has 2 nitrogen and oxygen atoms in total. The van der Waals surface area contributed by atoms with E-state index < -0.39 is 16.6 Å². The Morgan fingerprint density at radius 2 is 1.41 bits per heavy atom. The average molecular weight is 371 g/mol. The molecule has 0 heterocycles. The lowest BCUT2D eigenvalue weighted by Crippen LogP contribution is -2.67. The van der Waals surface area contributed by atoms with Crippen molar-refractivity contribution in [3.05, 3.63) is 48.6 Å². The Balaban J connectivity index is 2.18. The van der Waals surface area contributed by atoms with Crippen LogP contribution in [-0.4, -0.2) is 21.4 Å². The molecule has 1 fully saturated rings. The lowest BCUT2D eigenvalue weighted by atomic mass is 9.46. The molecule has 2 N–H and O–H groups in total. The van der Waals surface area contributed by atoms with Gasteiger partial charge >= 0.3 is 0 Å². The zero-order valence-corrected chi connectivity index (χ0v) is 17.6. The van der Waals surface area contributed by atoms with E-state index in [2.05, 4.69) is 52.0 Å². The van der Waals surface area contributed by atoms with Crippen LogP contribution in [0.4, 0.5) is 0 Å². The topological polar surface area (TPSA) is 40.5 Å². The van der Waals surface area contributed by atoms with Crippen LogP contribution in [0.3, 0.4) is 0 Å². The third-order valence-electron chi connectivity index (χ3n) is 7.89. The fourth-order valence-corrected chi connectivity index (χ4v) is 6.20. The van der Waals surface area contributed by atoms with E-state index in [-0.39, 0.29) is 11.8 Å². The van der Waals surface area contributed by atoms with Gasteiger partial charge in [0.25, 0.3) is 0 Å². The van der Waals surface area contributed by atoms with Crippen LogP contribution >= 0.6 is 0 Å². The van der Waals surface area contributed by atoms with Crippen molar-refractivity contribution >= 4 is 0 Å². The SMILES string of the molecule is CCC1C=CC=CC1(O)C1(C2(O)C=CC=CC2CC)CCCC(C(C)C)C1. The summed E-state index contributed by atoms with van der Waals surface area (Å²) < 4.78 is 0. The number of hydrogen-bond donors (Lipinski definition) is 2. The summed E-state index contributed by atoms with van der Waals surface area (Å²) in [5, 5.41) is 24.6. The summed E-state index contributed by atoms with van der Waals surface area (Å²) in [6.45, 7) is 8.87. The fourth-order valence-electron chi connectivity index (χ4n) is 6.20. The van der Waals surface area contributed by atoms with Gasteiger partial charge in [0.2, 0.25) is 0 Å². The van der Waals surface area contributed by atoms with Gasteiger partial charge in [-0.1, -0.05) is 89.1 Å². The minimum absolute atomic E-state index is 0.0363. The lowest BCUT2D eigenvalue weighted by Gasteiger charge is -2.62. The summed E-state index contributed by atoms with van der Waals surface area (Å²) in [5.74, 6) is 1.16. The van der Waals surface area contributed by atoms with Crippen LogP contribution in [-0.2, 0) is 0 Å². The molecule has 0 spiro atoms. The van der Waals surface area contributed by atoms with Crippen molar-refractivity contribution in [3.8, 4) is 0 Å². The molecule has 5 unspecified atom stereocenters. The van der Waals surface area contributed by atoms with Gasteiger partial charge in [0.15, 0.2) is 0 Å². The summed E-state index contributed by atoms with van der Waals surface area (Å²) in [7, 11) is 0. The molecule has 0 amide bonds. The highest BCUT2D eigenvalue weighted by atomic mass is 16.3. The van der Waals surface area contributed by atoms with Crippen molar-refractivity contribution in [2.45, 2.75) is 77.4 Å². The first-order valence-electron chi connectivity index (χ1n) is 11.0. The van der Waals surface area contributed by atoms with Crippen LogP contribution < -0.4 is 0 Å². The van der Waals surface area contributed by atoms with Gasteiger partial charge in [-0.15, -0.1) is 0 Å². The quantitative estimate of drug-likeness (QED) is 0.662. The Bertz CT molecular complexity index is 599. The van der Waals surface area contributed by atoms with Gasteiger partial charge in [0.1, 0.15) is 0 Å². The minimum Gasteiger partial charge on any atom is -0.384 e. The first kappa shape index (κ1) is 20.6. The molecule has 1 saturated carbocycles. The Morgan fingerprint density at radius 3 is 1.85 bits per heavy atom. The molecule has 27 heavy (non-hydrogen) atoms. The van der Waals surface area contributed by atoms with Crippen LogP contribution in [0, 0.1) is 29.1 Å². The normalized spacial score (nSPS) is 44.2. The summed E-state index contributed by atoms with van der Waals surface area (Å²) in [6.07, 6.45) is 22.1. The fraction of sp³-hybridized carbons (Fsp3) is 0.680. The number of allylic oxidation sites excluding steroid dienone is 4. The van der Waals surface area contributed by atoms with Crippen LogP contribution in [0.1, 0.15) is 66.2 Å². The monoisotopic (exact) mass is 370 g/mol. The first-order valence-corrected chi connectivity index (χ1v) is 11.0. The van der Waals surface area contributed by atoms with Gasteiger partial charge < -0.3 is 10.2 Å². The third-order valence-corrected chi connectivity index (χ3v) is 7.89. The molecule has 0 aliphatic heterocycles. The molecule has 3 aliphatic rings. The van der Waals surface area contributed by atoms with Gasteiger partial charge in [-0.2, -0.15) is 0 Å². The highest BCUT2D eigenvalue weighted by molar-refractivity contribution is 5.35. The molecule has 0 radical (unpaired) electrons. The zero-order chi connectivity index (χ0) is 19.7. The van der Waals surface area contributed by atoms with Crippen LogP contribution in [0.5, 0.6) is 0 Å². The van der Waals surface area contributed by atoms with Gasteiger partial charge in [-0.25, -0.2) is 0 Å². The van der Waals surface area contributed by atoms with E-state index in [1.165, 1.54) is 6.42 Å². The summed E-state index contributed by atoms with van der Waals surface area (Å²) in [5.41, 5.74) is -2.62. The van der Waals surface area contributed by atoms with Crippen LogP contribution in [0.15, 0.2) is 48.6 Å². The van der Waals surface area contributed by atoms with Crippen molar-refractivity contribution in [1.82, 2.24) is 0 Å². The second-order valence-electron chi connectivity index (χ2n) is 9.35. The summed E-state index contributed by atoms with van der Waals surface area (Å²) in [6, 6.07) is 0. The molecule has 0 bridgehead atoms. The molecule has 3 rings (SSSR count). The largest absolute Gasteiger partial charge is 0.384 e. The van der Waals surface area contributed by atoms with E-state index in [0.717, 1.165) is 32.1 Å². The molecule has 150 valence electrons. The van der Waals surface area contributed by atoms with E-state index in [0.29, 0.717) is 11.8 Å². The maximum absolute atomic E-state index is 12.3. The van der Waals surface area contributed by atoms with E-state index in [1.54, 1.807) is 0 Å². The average Bonchev–Trinajstić information content (AvgIpc) is 2.68. The molecule has 0 aromatic carbocycles. The lowest BCUT2D eigenvalue weighted by molar-refractivity contribution is -0.211. The number of hydrogen-bond acceptors (Lipinski definition) is 2. The third kappa shape index (κ3) is 3.09. The highest BCUT2D eigenvalue weighted by Gasteiger charge is 2.65. The number of rotatable bonds is 5. The van der Waals surface area contributed by atoms with Gasteiger partial charge in [0.05, 0.1) is 11.2 Å². The van der Waals surface area contributed by atoms with Crippen molar-refractivity contribution in [2.24, 2.45) is 29.1 Å². The Hall–Kier alpha value is -1.12. The van der Waals surface area contributed by atoms with E-state index >= 15 is 0 Å². The van der Waals surface area contributed by atoms with E-state index in [4.69, 9.17) is 0 Å². The number of aliphatic hydroxyl groups is 2. The predicted octanol–water partition coefficient (Wildman–Crippen LogP) is 5.59. The highest BCUT2D eigenvalue weighted by Crippen LogP contribution is 2.62. The van der Waals surface area contributed by atoms with Crippen molar-refractivity contribution in [3.63, 3.8) is 0 Å². The molecule has 0 aromatic heterocycles. The molecular formula is C25H38O2. The molecule has 0 aromatic rings. The zero-order valence-electron chi connectivity index (χ0n) is 17.6. The Morgan fingerprint density at radius 1 is 0.889 bits per heavy atom. The molecule has 2 heteroatoms. The maximum atomic E-state index is 12.3. The summed E-state index contributed by atoms with van der Waals surface area (Å²) >= 11 is 0. The first-order chi connectivity index (χ1) is 12.8. The standard InChI is InChI=1S/C25H38O2/c1-5-21-13-7-9-16-24(21,26)23(15-11-12-20(18-23)19(3)4)25(27)17-10-8-14-22(25)6-2/h7-10,13-14,16-17,19-22,26-27H,5-6,11-12,15,18H2,1-4H3. The molecule has 0 saturated heterocycles. The Labute approximate surface area is 165 Å². The van der Waals surface area contributed by atoms with Crippen molar-refractivity contribution in [1.29, 1.82) is 0 Å². The predicted molar refractivity (Wildman–Crippen MR) is 113 cm³/mol. The van der Waals surface area contributed by atoms with E-state index in [9.17, 15) is 10.2 Å². The van der Waals surface area contributed by atoms with Gasteiger partial charge in [-0.05, 0) is 37.5 Å². The second-order valence-corrected chi connectivity index (χ2v) is 9.35. The molecule has 3 aliphatic carbocycles. The van der Waals surface area contributed by atoms with Crippen molar-refractivity contribution in [2.75, 3.05) is 0 Å². The molecular weight excluding hydrogens is 332 g/mol. The van der Waals surface area contributed by atoms with Crippen molar-refractivity contribution < 1.29 is 10.2 Å². The van der Waals surface area contributed by atoms with Gasteiger partial charge in [-0.3, -0.25) is 0 Å². The maximum Gasteiger partial charge on any atom is 0.0979 e. The second kappa shape index (κ2) is 7.72. The Kier molecular flexibility index (Phi) is 5.89. The summed E-state index contributed by atoms with van der Waals surface area (Å²) in [4.78, 5) is 0. The van der Waals surface area contributed by atoms with Crippen LogP contribution in [0.2, 0.25) is 0 Å². The minimum atomic E-state index is -1.03. The van der Waals surface area contributed by atoms with E-state index in [1.807, 2.05) is 24.3 Å².